The van der Waals surface area contributed by atoms with Gasteiger partial charge in [0.1, 0.15) is 0 Å². The van der Waals surface area contributed by atoms with E-state index < -0.39 is 5.60 Å². The Bertz CT molecular complexity index is 201. The third-order valence-electron chi connectivity index (χ3n) is 3.62. The molecule has 0 aliphatic heterocycles. The van der Waals surface area contributed by atoms with E-state index in [0.717, 1.165) is 13.1 Å². The lowest BCUT2D eigenvalue weighted by molar-refractivity contribution is 0.0203. The first-order chi connectivity index (χ1) is 7.44. The van der Waals surface area contributed by atoms with Gasteiger partial charge in [0.15, 0.2) is 0 Å². The molecule has 0 bridgehead atoms. The van der Waals surface area contributed by atoms with E-state index >= 15 is 0 Å². The maximum absolute atomic E-state index is 9.88. The van der Waals surface area contributed by atoms with Crippen LogP contribution in [0.3, 0.4) is 0 Å². The molecule has 3 heteroatoms. The number of rotatable bonds is 4. The molecule has 2 unspecified atom stereocenters. The molecule has 0 radical (unpaired) electrons. The normalized spacial score (nSPS) is 28.1. The first-order valence-electron chi connectivity index (χ1n) is 6.57. The summed E-state index contributed by atoms with van der Waals surface area (Å²) in [6.07, 6.45) is 6.43. The van der Waals surface area contributed by atoms with Crippen LogP contribution in [-0.4, -0.2) is 41.8 Å². The number of aliphatic hydroxyl groups is 1. The summed E-state index contributed by atoms with van der Waals surface area (Å²) in [4.78, 5) is 2.31. The lowest BCUT2D eigenvalue weighted by Gasteiger charge is -2.36. The maximum atomic E-state index is 9.88. The highest BCUT2D eigenvalue weighted by atomic mass is 16.3. The monoisotopic (exact) mass is 228 g/mol. The van der Waals surface area contributed by atoms with Crippen LogP contribution in [0.2, 0.25) is 0 Å². The summed E-state index contributed by atoms with van der Waals surface area (Å²) in [6, 6.07) is 0.555. The molecule has 0 aromatic carbocycles. The highest BCUT2D eigenvalue weighted by Gasteiger charge is 2.28. The van der Waals surface area contributed by atoms with Gasteiger partial charge >= 0.3 is 0 Å². The minimum atomic E-state index is -0.611. The molecule has 1 rings (SSSR count). The summed E-state index contributed by atoms with van der Waals surface area (Å²) in [5, 5.41) is 9.88. The van der Waals surface area contributed by atoms with Crippen molar-refractivity contribution in [3.63, 3.8) is 0 Å². The Hall–Kier alpha value is -0.120. The molecule has 0 aromatic heterocycles. The molecule has 2 atom stereocenters. The zero-order valence-electron chi connectivity index (χ0n) is 11.1. The highest BCUT2D eigenvalue weighted by molar-refractivity contribution is 4.84. The smallest absolute Gasteiger partial charge is 0.0718 e. The van der Waals surface area contributed by atoms with E-state index in [0.29, 0.717) is 12.0 Å². The Kier molecular flexibility index (Phi) is 5.22. The molecule has 96 valence electrons. The maximum Gasteiger partial charge on any atom is 0.0718 e. The Morgan fingerprint density at radius 1 is 1.25 bits per heavy atom. The number of nitrogens with zero attached hydrogens (tertiary/aromatic N) is 1. The van der Waals surface area contributed by atoms with E-state index in [2.05, 4.69) is 11.9 Å². The highest BCUT2D eigenvalue weighted by Crippen LogP contribution is 2.26. The van der Waals surface area contributed by atoms with Crippen molar-refractivity contribution >= 4 is 0 Å². The van der Waals surface area contributed by atoms with E-state index in [9.17, 15) is 5.11 Å². The summed E-state index contributed by atoms with van der Waals surface area (Å²) in [6.45, 7) is 5.25. The van der Waals surface area contributed by atoms with Gasteiger partial charge in [-0.25, -0.2) is 0 Å². The second-order valence-electron chi connectivity index (χ2n) is 5.93. The van der Waals surface area contributed by atoms with Gasteiger partial charge in [-0.2, -0.15) is 0 Å². The third-order valence-corrected chi connectivity index (χ3v) is 3.62. The second-order valence-corrected chi connectivity index (χ2v) is 5.93. The second kappa shape index (κ2) is 5.99. The fourth-order valence-corrected chi connectivity index (χ4v) is 2.95. The van der Waals surface area contributed by atoms with Crippen LogP contribution in [0.4, 0.5) is 0 Å². The molecule has 0 heterocycles. The van der Waals surface area contributed by atoms with Crippen LogP contribution in [0.5, 0.6) is 0 Å². The van der Waals surface area contributed by atoms with Crippen molar-refractivity contribution in [1.29, 1.82) is 0 Å². The lowest BCUT2D eigenvalue weighted by Crippen LogP contribution is -2.46. The van der Waals surface area contributed by atoms with Crippen LogP contribution in [0.1, 0.15) is 46.0 Å². The summed E-state index contributed by atoms with van der Waals surface area (Å²) in [5.74, 6) is 0.606. The van der Waals surface area contributed by atoms with Gasteiger partial charge < -0.3 is 15.7 Å². The zero-order valence-corrected chi connectivity index (χ0v) is 11.1. The fraction of sp³-hybridized carbons (Fsp3) is 1.00. The fourth-order valence-electron chi connectivity index (χ4n) is 2.95. The summed E-state index contributed by atoms with van der Waals surface area (Å²) < 4.78 is 0. The summed E-state index contributed by atoms with van der Waals surface area (Å²) >= 11 is 0. The molecule has 16 heavy (non-hydrogen) atoms. The van der Waals surface area contributed by atoms with E-state index in [1.807, 2.05) is 13.8 Å². The number of hydrogen-bond acceptors (Lipinski definition) is 3. The first kappa shape index (κ1) is 13.9. The van der Waals surface area contributed by atoms with Crippen LogP contribution in [-0.2, 0) is 0 Å². The van der Waals surface area contributed by atoms with Gasteiger partial charge in [-0.1, -0.05) is 19.3 Å². The van der Waals surface area contributed by atoms with Crippen molar-refractivity contribution in [3.05, 3.63) is 0 Å². The molecule has 3 N–H and O–H groups in total. The Balaban J connectivity index is 2.59. The van der Waals surface area contributed by atoms with Gasteiger partial charge in [0.2, 0.25) is 0 Å². The number of likely N-dealkylation sites (N-methyl/N-ethyl adjacent to an activating group) is 1. The average Bonchev–Trinajstić information content (AvgIpc) is 2.39. The summed E-state index contributed by atoms with van der Waals surface area (Å²) in [5.41, 5.74) is 5.26. The van der Waals surface area contributed by atoms with Crippen molar-refractivity contribution in [2.75, 3.05) is 20.1 Å². The van der Waals surface area contributed by atoms with Crippen LogP contribution in [0.25, 0.3) is 0 Å². The molecule has 3 nitrogen and oxygen atoms in total. The van der Waals surface area contributed by atoms with Gasteiger partial charge in [-0.15, -0.1) is 0 Å². The average molecular weight is 228 g/mol. The first-order valence-corrected chi connectivity index (χ1v) is 6.57. The van der Waals surface area contributed by atoms with Crippen LogP contribution >= 0.6 is 0 Å². The van der Waals surface area contributed by atoms with Gasteiger partial charge in [-0.3, -0.25) is 0 Å². The van der Waals surface area contributed by atoms with Gasteiger partial charge in [0.05, 0.1) is 5.60 Å². The van der Waals surface area contributed by atoms with Gasteiger partial charge in [0.25, 0.3) is 0 Å². The summed E-state index contributed by atoms with van der Waals surface area (Å²) in [7, 11) is 2.12. The Morgan fingerprint density at radius 2 is 1.88 bits per heavy atom. The topological polar surface area (TPSA) is 49.5 Å². The SMILES string of the molecule is CN(CC(C)(C)O)C1CCCCCC1CN. The minimum Gasteiger partial charge on any atom is -0.389 e. The molecule has 0 saturated heterocycles. The van der Waals surface area contributed by atoms with Crippen LogP contribution in [0.15, 0.2) is 0 Å². The quantitative estimate of drug-likeness (QED) is 0.719. The lowest BCUT2D eigenvalue weighted by atomic mass is 9.93. The van der Waals surface area contributed by atoms with Crippen LogP contribution in [0, 0.1) is 5.92 Å². The van der Waals surface area contributed by atoms with Crippen molar-refractivity contribution in [1.82, 2.24) is 4.90 Å². The molecular weight excluding hydrogens is 200 g/mol. The molecule has 1 aliphatic rings. The molecule has 0 amide bonds. The standard InChI is InChI=1S/C13H28N2O/c1-13(2,16)10-15(3)12-8-6-4-5-7-11(12)9-14/h11-12,16H,4-10,14H2,1-3H3. The van der Waals surface area contributed by atoms with E-state index in [4.69, 9.17) is 5.73 Å². The molecule has 1 fully saturated rings. The number of hydrogen-bond donors (Lipinski definition) is 2. The predicted molar refractivity (Wildman–Crippen MR) is 68.3 cm³/mol. The largest absolute Gasteiger partial charge is 0.389 e. The molecule has 1 saturated carbocycles. The molecule has 1 aliphatic carbocycles. The minimum absolute atomic E-state index is 0.555. The molecular formula is C13H28N2O. The zero-order chi connectivity index (χ0) is 12.2. The number of nitrogens with two attached hydrogens (primary N) is 1. The van der Waals surface area contributed by atoms with E-state index in [-0.39, 0.29) is 0 Å². The molecule has 0 aromatic rings. The van der Waals surface area contributed by atoms with Crippen LogP contribution < -0.4 is 5.73 Å². The van der Waals surface area contributed by atoms with Crippen molar-refractivity contribution in [2.24, 2.45) is 11.7 Å². The van der Waals surface area contributed by atoms with Gasteiger partial charge in [-0.05, 0) is 46.2 Å². The molecule has 0 spiro atoms. The van der Waals surface area contributed by atoms with Crippen molar-refractivity contribution in [3.8, 4) is 0 Å². The Morgan fingerprint density at radius 3 is 2.44 bits per heavy atom. The van der Waals surface area contributed by atoms with E-state index in [1.54, 1.807) is 0 Å². The van der Waals surface area contributed by atoms with Crippen molar-refractivity contribution in [2.45, 2.75) is 57.6 Å². The van der Waals surface area contributed by atoms with Gasteiger partial charge in [0, 0.05) is 12.6 Å². The van der Waals surface area contributed by atoms with Crippen molar-refractivity contribution < 1.29 is 5.11 Å². The Labute approximate surface area is 100 Å². The third kappa shape index (κ3) is 4.40. The van der Waals surface area contributed by atoms with E-state index in [1.165, 1.54) is 32.1 Å². The predicted octanol–water partition coefficient (Wildman–Crippen LogP) is 1.60.